The highest BCUT2D eigenvalue weighted by atomic mass is 16.5. The fourth-order valence-electron chi connectivity index (χ4n) is 0.903. The zero-order valence-electron chi connectivity index (χ0n) is 8.82. The van der Waals surface area contributed by atoms with E-state index in [4.69, 9.17) is 9.47 Å². The Morgan fingerprint density at radius 1 is 1.38 bits per heavy atom. The summed E-state index contributed by atoms with van der Waals surface area (Å²) in [5, 5.41) is 9.44. The number of likely N-dealkylation sites (N-methyl/N-ethyl adjacent to an activating group) is 1. The van der Waals surface area contributed by atoms with Crippen molar-refractivity contribution < 1.29 is 14.6 Å². The second kappa shape index (κ2) is 8.44. The first-order valence-electron chi connectivity index (χ1n) is 4.64. The van der Waals surface area contributed by atoms with Crippen LogP contribution in [0.15, 0.2) is 0 Å². The van der Waals surface area contributed by atoms with Gasteiger partial charge in [0.1, 0.15) is 0 Å². The molecule has 1 unspecified atom stereocenters. The van der Waals surface area contributed by atoms with Crippen molar-refractivity contribution in [2.45, 2.75) is 13.0 Å². The lowest BCUT2D eigenvalue weighted by Crippen LogP contribution is -2.32. The predicted octanol–water partition coefficient (Wildman–Crippen LogP) is -0.0380. The maximum Gasteiger partial charge on any atom is 0.0900 e. The molecule has 0 rings (SSSR count). The summed E-state index contributed by atoms with van der Waals surface area (Å²) in [4.78, 5) is 2.05. The molecule has 0 aromatic heterocycles. The van der Waals surface area contributed by atoms with Gasteiger partial charge in [0.05, 0.1) is 25.9 Å². The molecule has 80 valence electrons. The van der Waals surface area contributed by atoms with Crippen LogP contribution in [-0.4, -0.2) is 63.2 Å². The summed E-state index contributed by atoms with van der Waals surface area (Å²) in [6.07, 6.45) is -0.401. The summed E-state index contributed by atoms with van der Waals surface area (Å²) < 4.78 is 9.99. The monoisotopic (exact) mass is 191 g/mol. The molecular formula is C9H21NO3. The van der Waals surface area contributed by atoms with E-state index in [0.29, 0.717) is 26.4 Å². The lowest BCUT2D eigenvalue weighted by Gasteiger charge is -2.18. The molecule has 0 spiro atoms. The number of rotatable bonds is 8. The van der Waals surface area contributed by atoms with Crippen molar-refractivity contribution in [1.82, 2.24) is 4.90 Å². The van der Waals surface area contributed by atoms with Gasteiger partial charge < -0.3 is 19.5 Å². The molecule has 13 heavy (non-hydrogen) atoms. The van der Waals surface area contributed by atoms with Crippen LogP contribution in [0.5, 0.6) is 0 Å². The third kappa shape index (κ3) is 8.18. The largest absolute Gasteiger partial charge is 0.389 e. The summed E-state index contributed by atoms with van der Waals surface area (Å²) in [6.45, 7) is 5.16. The Balaban J connectivity index is 3.24. The second-order valence-corrected chi connectivity index (χ2v) is 3.08. The summed E-state index contributed by atoms with van der Waals surface area (Å²) in [5.74, 6) is 0. The van der Waals surface area contributed by atoms with Gasteiger partial charge in [0.15, 0.2) is 0 Å². The van der Waals surface area contributed by atoms with Crippen LogP contribution in [0.25, 0.3) is 0 Å². The van der Waals surface area contributed by atoms with E-state index in [1.54, 1.807) is 7.11 Å². The van der Waals surface area contributed by atoms with Crippen molar-refractivity contribution in [3.8, 4) is 0 Å². The molecule has 0 aromatic carbocycles. The molecule has 0 radical (unpaired) electrons. The number of ether oxygens (including phenoxy) is 2. The predicted molar refractivity (Wildman–Crippen MR) is 51.9 cm³/mol. The maximum atomic E-state index is 9.44. The minimum Gasteiger partial charge on any atom is -0.389 e. The normalized spacial score (nSPS) is 13.6. The highest BCUT2D eigenvalue weighted by Crippen LogP contribution is 1.90. The van der Waals surface area contributed by atoms with Gasteiger partial charge in [0.2, 0.25) is 0 Å². The van der Waals surface area contributed by atoms with Gasteiger partial charge >= 0.3 is 0 Å². The molecular weight excluding hydrogens is 170 g/mol. The Kier molecular flexibility index (Phi) is 8.33. The van der Waals surface area contributed by atoms with Crippen LogP contribution < -0.4 is 0 Å². The van der Waals surface area contributed by atoms with Crippen LogP contribution >= 0.6 is 0 Å². The smallest absolute Gasteiger partial charge is 0.0900 e. The zero-order chi connectivity index (χ0) is 10.1. The van der Waals surface area contributed by atoms with E-state index in [-0.39, 0.29) is 0 Å². The highest BCUT2D eigenvalue weighted by molar-refractivity contribution is 4.58. The van der Waals surface area contributed by atoms with Crippen molar-refractivity contribution >= 4 is 0 Å². The lowest BCUT2D eigenvalue weighted by atomic mass is 10.3. The van der Waals surface area contributed by atoms with Crippen molar-refractivity contribution in [2.75, 3.05) is 47.1 Å². The van der Waals surface area contributed by atoms with Gasteiger partial charge in [-0.25, -0.2) is 0 Å². The minimum absolute atomic E-state index is 0.383. The fraction of sp³-hybridized carbons (Fsp3) is 1.00. The number of hydrogen-bond acceptors (Lipinski definition) is 4. The van der Waals surface area contributed by atoms with Crippen molar-refractivity contribution in [1.29, 1.82) is 0 Å². The van der Waals surface area contributed by atoms with Crippen LogP contribution in [0.1, 0.15) is 6.92 Å². The lowest BCUT2D eigenvalue weighted by molar-refractivity contribution is 0.00290. The van der Waals surface area contributed by atoms with E-state index in [2.05, 4.69) is 6.92 Å². The Labute approximate surface area is 80.4 Å². The molecule has 1 N–H and O–H groups in total. The number of nitrogens with zero attached hydrogens (tertiary/aromatic N) is 1. The van der Waals surface area contributed by atoms with Crippen LogP contribution in [-0.2, 0) is 9.47 Å². The average molecular weight is 191 g/mol. The second-order valence-electron chi connectivity index (χ2n) is 3.08. The molecule has 0 aromatic rings. The number of aliphatic hydroxyl groups is 1. The third-order valence-electron chi connectivity index (χ3n) is 1.80. The minimum atomic E-state index is -0.401. The average Bonchev–Trinajstić information content (AvgIpc) is 2.12. The quantitative estimate of drug-likeness (QED) is 0.547. The molecule has 0 aliphatic rings. The van der Waals surface area contributed by atoms with Crippen LogP contribution in [0, 0.1) is 0 Å². The van der Waals surface area contributed by atoms with Crippen LogP contribution in [0.2, 0.25) is 0 Å². The first kappa shape index (κ1) is 12.8. The standard InChI is InChI=1S/C9H21NO3/c1-4-10(2)7-9(11)8-13-6-5-12-3/h9,11H,4-8H2,1-3H3. The van der Waals surface area contributed by atoms with E-state index in [0.717, 1.165) is 6.54 Å². The fourth-order valence-corrected chi connectivity index (χ4v) is 0.903. The summed E-state index contributed by atoms with van der Waals surface area (Å²) in [6, 6.07) is 0. The molecule has 0 fully saturated rings. The van der Waals surface area contributed by atoms with E-state index in [9.17, 15) is 5.11 Å². The molecule has 0 aliphatic heterocycles. The molecule has 4 heteroatoms. The Hall–Kier alpha value is -0.160. The Bertz CT molecular complexity index is 111. The van der Waals surface area contributed by atoms with Crippen molar-refractivity contribution in [3.63, 3.8) is 0 Å². The van der Waals surface area contributed by atoms with Gasteiger partial charge in [-0.3, -0.25) is 0 Å². The summed E-state index contributed by atoms with van der Waals surface area (Å²) >= 11 is 0. The molecule has 4 nitrogen and oxygen atoms in total. The summed E-state index contributed by atoms with van der Waals surface area (Å²) in [5.41, 5.74) is 0. The van der Waals surface area contributed by atoms with Crippen molar-refractivity contribution in [2.24, 2.45) is 0 Å². The van der Waals surface area contributed by atoms with Gasteiger partial charge in [0.25, 0.3) is 0 Å². The number of aliphatic hydroxyl groups excluding tert-OH is 1. The maximum absolute atomic E-state index is 9.44. The summed E-state index contributed by atoms with van der Waals surface area (Å²) in [7, 11) is 3.60. The van der Waals surface area contributed by atoms with Gasteiger partial charge in [0, 0.05) is 13.7 Å². The van der Waals surface area contributed by atoms with Gasteiger partial charge in [-0.05, 0) is 13.6 Å². The molecule has 0 heterocycles. The van der Waals surface area contributed by atoms with Crippen LogP contribution in [0.4, 0.5) is 0 Å². The van der Waals surface area contributed by atoms with Crippen molar-refractivity contribution in [3.05, 3.63) is 0 Å². The molecule has 1 atom stereocenters. The van der Waals surface area contributed by atoms with E-state index >= 15 is 0 Å². The third-order valence-corrected chi connectivity index (χ3v) is 1.80. The van der Waals surface area contributed by atoms with Crippen LogP contribution in [0.3, 0.4) is 0 Å². The highest BCUT2D eigenvalue weighted by Gasteiger charge is 2.06. The molecule has 0 bridgehead atoms. The Morgan fingerprint density at radius 2 is 2.08 bits per heavy atom. The molecule has 0 saturated heterocycles. The first-order valence-corrected chi connectivity index (χ1v) is 4.64. The van der Waals surface area contributed by atoms with Gasteiger partial charge in [-0.15, -0.1) is 0 Å². The number of hydrogen-bond donors (Lipinski definition) is 1. The molecule has 0 aliphatic carbocycles. The topological polar surface area (TPSA) is 41.9 Å². The first-order chi connectivity index (χ1) is 6.20. The van der Waals surface area contributed by atoms with E-state index in [1.165, 1.54) is 0 Å². The SMILES string of the molecule is CCN(C)CC(O)COCCOC. The van der Waals surface area contributed by atoms with Gasteiger partial charge in [-0.2, -0.15) is 0 Å². The Morgan fingerprint density at radius 3 is 2.62 bits per heavy atom. The van der Waals surface area contributed by atoms with E-state index in [1.807, 2.05) is 11.9 Å². The van der Waals surface area contributed by atoms with Gasteiger partial charge in [-0.1, -0.05) is 6.92 Å². The molecule has 0 amide bonds. The van der Waals surface area contributed by atoms with E-state index < -0.39 is 6.10 Å². The number of methoxy groups -OCH3 is 1. The molecule has 0 saturated carbocycles. The zero-order valence-corrected chi connectivity index (χ0v) is 8.82.